The normalized spacial score (nSPS) is 12.9. The van der Waals surface area contributed by atoms with Crippen molar-refractivity contribution in [3.8, 4) is 0 Å². The molecule has 0 aromatic heterocycles. The number of hydrogen-bond acceptors (Lipinski definition) is 5. The first-order valence-electron chi connectivity index (χ1n) is 30.9. The number of allylic oxidation sites excluding steroid dienone is 7. The Bertz CT molecular complexity index is 1180. The monoisotopic (exact) mass is 982 g/mol. The van der Waals surface area contributed by atoms with Crippen molar-refractivity contribution >= 4 is 11.9 Å². The fourth-order valence-corrected chi connectivity index (χ4v) is 9.31. The Hall–Kier alpha value is -2.18. The van der Waals surface area contributed by atoms with Gasteiger partial charge in [-0.05, 0) is 89.9 Å². The first kappa shape index (κ1) is 67.8. The van der Waals surface area contributed by atoms with Gasteiger partial charge < -0.3 is 20.3 Å². The highest BCUT2D eigenvalue weighted by Crippen LogP contribution is 2.16. The van der Waals surface area contributed by atoms with Crippen LogP contribution >= 0.6 is 0 Å². The van der Waals surface area contributed by atoms with Crippen LogP contribution in [0.3, 0.4) is 0 Å². The van der Waals surface area contributed by atoms with Crippen LogP contribution in [0.2, 0.25) is 0 Å². The molecule has 0 radical (unpaired) electrons. The molecule has 3 N–H and O–H groups in total. The number of carbonyl (C=O) groups is 2. The summed E-state index contributed by atoms with van der Waals surface area (Å²) in [6, 6.07) is -0.635. The van der Waals surface area contributed by atoms with Gasteiger partial charge in [-0.25, -0.2) is 0 Å². The minimum absolute atomic E-state index is 0.00248. The maximum absolute atomic E-state index is 12.5. The molecule has 0 bridgehead atoms. The van der Waals surface area contributed by atoms with E-state index in [9.17, 15) is 19.8 Å². The van der Waals surface area contributed by atoms with Crippen molar-refractivity contribution in [1.82, 2.24) is 5.32 Å². The summed E-state index contributed by atoms with van der Waals surface area (Å²) in [6.07, 6.45) is 75.7. The number of amides is 1. The molecule has 0 aromatic rings. The lowest BCUT2D eigenvalue weighted by Crippen LogP contribution is -2.45. The number of carbonyl (C=O) groups excluding carboxylic acids is 2. The molecule has 0 saturated carbocycles. The molecule has 0 spiro atoms. The van der Waals surface area contributed by atoms with E-state index >= 15 is 0 Å². The van der Waals surface area contributed by atoms with Crippen molar-refractivity contribution in [2.45, 2.75) is 334 Å². The number of rotatable bonds is 57. The summed E-state index contributed by atoms with van der Waals surface area (Å²) in [5, 5.41) is 23.1. The lowest BCUT2D eigenvalue weighted by atomic mass is 10.0. The zero-order valence-electron chi connectivity index (χ0n) is 46.7. The van der Waals surface area contributed by atoms with Crippen LogP contribution in [0.15, 0.2) is 48.6 Å². The van der Waals surface area contributed by atoms with Crippen molar-refractivity contribution in [3.05, 3.63) is 48.6 Å². The second-order valence-corrected chi connectivity index (χ2v) is 21.0. The molecule has 410 valence electrons. The van der Waals surface area contributed by atoms with Crippen LogP contribution in [0.4, 0.5) is 0 Å². The fourth-order valence-electron chi connectivity index (χ4n) is 9.31. The predicted octanol–water partition coefficient (Wildman–Crippen LogP) is 19.4. The topological polar surface area (TPSA) is 95.9 Å². The number of ether oxygens (including phenoxy) is 1. The van der Waals surface area contributed by atoms with E-state index in [1.54, 1.807) is 6.08 Å². The molecule has 70 heavy (non-hydrogen) atoms. The Balaban J connectivity index is 3.46. The van der Waals surface area contributed by atoms with Gasteiger partial charge in [0.05, 0.1) is 25.4 Å². The van der Waals surface area contributed by atoms with E-state index < -0.39 is 12.1 Å². The lowest BCUT2D eigenvalue weighted by Gasteiger charge is -2.20. The molecule has 0 aliphatic rings. The van der Waals surface area contributed by atoms with Gasteiger partial charge in [-0.1, -0.05) is 268 Å². The molecule has 0 aromatic carbocycles. The number of nitrogens with one attached hydrogen (secondary N) is 1. The number of aliphatic hydroxyl groups is 2. The zero-order valence-corrected chi connectivity index (χ0v) is 46.7. The van der Waals surface area contributed by atoms with Crippen molar-refractivity contribution < 1.29 is 24.5 Å². The van der Waals surface area contributed by atoms with E-state index in [1.807, 2.05) is 6.08 Å². The maximum Gasteiger partial charge on any atom is 0.305 e. The summed E-state index contributed by atoms with van der Waals surface area (Å²) in [4.78, 5) is 24.5. The Labute approximate surface area is 436 Å². The minimum atomic E-state index is -0.851. The third kappa shape index (κ3) is 55.1. The predicted molar refractivity (Wildman–Crippen MR) is 306 cm³/mol. The van der Waals surface area contributed by atoms with Crippen LogP contribution in [-0.4, -0.2) is 47.4 Å². The van der Waals surface area contributed by atoms with Gasteiger partial charge in [0.25, 0.3) is 0 Å². The second kappa shape index (κ2) is 59.4. The quantitative estimate of drug-likeness (QED) is 0.0321. The molecule has 0 aliphatic heterocycles. The highest BCUT2D eigenvalue weighted by molar-refractivity contribution is 5.76. The van der Waals surface area contributed by atoms with E-state index in [0.717, 1.165) is 57.8 Å². The first-order chi connectivity index (χ1) is 34.5. The molecule has 2 atom stereocenters. The van der Waals surface area contributed by atoms with Gasteiger partial charge in [-0.2, -0.15) is 0 Å². The van der Waals surface area contributed by atoms with E-state index in [4.69, 9.17) is 4.74 Å². The maximum atomic E-state index is 12.5. The summed E-state index contributed by atoms with van der Waals surface area (Å²) in [5.74, 6) is -0.0785. The highest BCUT2D eigenvalue weighted by Gasteiger charge is 2.18. The minimum Gasteiger partial charge on any atom is -0.466 e. The molecule has 0 saturated heterocycles. The molecule has 0 fully saturated rings. The summed E-state index contributed by atoms with van der Waals surface area (Å²) in [5.41, 5.74) is 0. The number of hydrogen-bond donors (Lipinski definition) is 3. The summed E-state index contributed by atoms with van der Waals surface area (Å²) in [7, 11) is 0. The van der Waals surface area contributed by atoms with Crippen molar-refractivity contribution in [2.75, 3.05) is 13.2 Å². The van der Waals surface area contributed by atoms with E-state index in [1.165, 1.54) is 238 Å². The smallest absolute Gasteiger partial charge is 0.305 e. The SMILES string of the molecule is CCCCC/C=C\C/C=C\CCCCCCCCCC(=O)OCCCCCCCCCCC/C=C\CCCCCCCCCC(=O)NC(CO)C(O)/C=C/CCCCCCCCCCCCCCCC. The van der Waals surface area contributed by atoms with Gasteiger partial charge in [-0.3, -0.25) is 9.59 Å². The summed E-state index contributed by atoms with van der Waals surface area (Å²) >= 11 is 0. The van der Waals surface area contributed by atoms with E-state index in [2.05, 4.69) is 55.6 Å². The van der Waals surface area contributed by atoms with Gasteiger partial charge in [0.2, 0.25) is 5.91 Å². The summed E-state index contributed by atoms with van der Waals surface area (Å²) < 4.78 is 5.48. The number of aliphatic hydroxyl groups excluding tert-OH is 2. The van der Waals surface area contributed by atoms with Gasteiger partial charge in [0.15, 0.2) is 0 Å². The van der Waals surface area contributed by atoms with Gasteiger partial charge in [0, 0.05) is 12.8 Å². The van der Waals surface area contributed by atoms with Crippen LogP contribution in [0.25, 0.3) is 0 Å². The molecule has 0 rings (SSSR count). The standard InChI is InChI=1S/C64H119NO5/c1-3-5-7-9-11-13-15-17-19-25-30-34-38-42-46-50-54-58-64(69)70-59-55-51-47-43-39-35-31-27-24-22-21-23-26-29-33-37-41-45-49-53-57-63(68)65-61(60-66)62(67)56-52-48-44-40-36-32-28-20-18-16-14-12-10-8-6-4-2/h11,13,17,19,21,23,52,56,61-62,66-67H,3-10,12,14-16,18,20,22,24-51,53-55,57-60H2,1-2H3,(H,65,68)/b13-11-,19-17-,23-21-,56-52+. The molecule has 1 amide bonds. The third-order valence-electron chi connectivity index (χ3n) is 14.1. The second-order valence-electron chi connectivity index (χ2n) is 21.0. The molecular weight excluding hydrogens is 863 g/mol. The lowest BCUT2D eigenvalue weighted by molar-refractivity contribution is -0.143. The van der Waals surface area contributed by atoms with Crippen LogP contribution in [0.1, 0.15) is 322 Å². The Kier molecular flexibility index (Phi) is 57.5. The third-order valence-corrected chi connectivity index (χ3v) is 14.1. The van der Waals surface area contributed by atoms with Crippen LogP contribution in [-0.2, 0) is 14.3 Å². The molecule has 6 nitrogen and oxygen atoms in total. The average molecular weight is 983 g/mol. The zero-order chi connectivity index (χ0) is 50.7. The fraction of sp³-hybridized carbons (Fsp3) is 0.844. The van der Waals surface area contributed by atoms with Crippen molar-refractivity contribution in [1.29, 1.82) is 0 Å². The van der Waals surface area contributed by atoms with Crippen LogP contribution in [0, 0.1) is 0 Å². The average Bonchev–Trinajstić information content (AvgIpc) is 3.36. The van der Waals surface area contributed by atoms with Gasteiger partial charge >= 0.3 is 5.97 Å². The first-order valence-corrected chi connectivity index (χ1v) is 30.9. The van der Waals surface area contributed by atoms with Crippen LogP contribution < -0.4 is 5.32 Å². The van der Waals surface area contributed by atoms with E-state index in [-0.39, 0.29) is 18.5 Å². The largest absolute Gasteiger partial charge is 0.466 e. The van der Waals surface area contributed by atoms with Crippen molar-refractivity contribution in [2.24, 2.45) is 0 Å². The molecule has 0 heterocycles. The molecular formula is C64H119NO5. The molecule has 2 unspecified atom stereocenters. The summed E-state index contributed by atoms with van der Waals surface area (Å²) in [6.45, 7) is 4.87. The Morgan fingerprint density at radius 2 is 0.714 bits per heavy atom. The van der Waals surface area contributed by atoms with Gasteiger partial charge in [0.1, 0.15) is 0 Å². The van der Waals surface area contributed by atoms with E-state index in [0.29, 0.717) is 19.4 Å². The Morgan fingerprint density at radius 1 is 0.400 bits per heavy atom. The van der Waals surface area contributed by atoms with Gasteiger partial charge in [-0.15, -0.1) is 0 Å². The highest BCUT2D eigenvalue weighted by atomic mass is 16.5. The van der Waals surface area contributed by atoms with Crippen molar-refractivity contribution in [3.63, 3.8) is 0 Å². The Morgan fingerprint density at radius 3 is 1.13 bits per heavy atom. The molecule has 0 aliphatic carbocycles. The number of esters is 1. The van der Waals surface area contributed by atoms with Crippen LogP contribution in [0.5, 0.6) is 0 Å². The number of unbranched alkanes of at least 4 members (excludes halogenated alkanes) is 40. The molecule has 6 heteroatoms.